The fourth-order valence-corrected chi connectivity index (χ4v) is 9.33. The Kier molecular flexibility index (Phi) is 13.4. The number of nitrogens with zero attached hydrogens (tertiary/aromatic N) is 1. The Labute approximate surface area is 344 Å². The molecule has 0 saturated heterocycles. The van der Waals surface area contributed by atoms with E-state index in [0.717, 1.165) is 38.9 Å². The van der Waals surface area contributed by atoms with Crippen LogP contribution >= 0.6 is 11.8 Å². The molecular weight excluding hydrogens is 749 g/mol. The van der Waals surface area contributed by atoms with Gasteiger partial charge in [0.2, 0.25) is 5.91 Å². The molecule has 0 bridgehead atoms. The first-order valence-corrected chi connectivity index (χ1v) is 20.6. The van der Waals surface area contributed by atoms with Crippen LogP contribution in [0.5, 0.6) is 0 Å². The highest BCUT2D eigenvalue weighted by Crippen LogP contribution is 2.49. The fourth-order valence-electron chi connectivity index (χ4n) is 7.69. The summed E-state index contributed by atoms with van der Waals surface area (Å²) in [5.41, 5.74) is 6.29. The molecule has 0 spiro atoms. The highest BCUT2D eigenvalue weighted by Gasteiger charge is 2.41. The van der Waals surface area contributed by atoms with Crippen LogP contribution in [0.3, 0.4) is 0 Å². The number of hydrogen-bond donors (Lipinski definition) is 2. The number of benzene rings is 5. The molecule has 0 fully saturated rings. The minimum Gasteiger partial charge on any atom is -0.480 e. The van der Waals surface area contributed by atoms with E-state index in [0.29, 0.717) is 0 Å². The van der Waals surface area contributed by atoms with Crippen LogP contribution in [0.15, 0.2) is 140 Å². The van der Waals surface area contributed by atoms with Crippen molar-refractivity contribution in [3.05, 3.63) is 167 Å². The summed E-state index contributed by atoms with van der Waals surface area (Å²) in [4.78, 5) is 55.7. The number of carbonyl (C=O) groups is 4. The maximum Gasteiger partial charge on any atom is 0.407 e. The molecule has 0 heterocycles. The molecule has 0 radical (unpaired) electrons. The van der Waals surface area contributed by atoms with Crippen molar-refractivity contribution in [2.24, 2.45) is 0 Å². The summed E-state index contributed by atoms with van der Waals surface area (Å²) in [7, 11) is 0. The van der Waals surface area contributed by atoms with Crippen molar-refractivity contribution in [3.8, 4) is 11.1 Å². The predicted octanol–water partition coefficient (Wildman–Crippen LogP) is 9.04. The van der Waals surface area contributed by atoms with Gasteiger partial charge in [-0.3, -0.25) is 9.59 Å². The van der Waals surface area contributed by atoms with E-state index in [1.54, 1.807) is 27.7 Å². The number of carbonyl (C=O) groups excluding carboxylic acids is 3. The van der Waals surface area contributed by atoms with Crippen molar-refractivity contribution in [1.82, 2.24) is 10.2 Å². The quantitative estimate of drug-likeness (QED) is 0.0750. The predicted molar refractivity (Wildman–Crippen MR) is 228 cm³/mol. The second-order valence-corrected chi connectivity index (χ2v) is 16.5. The number of nitrogens with one attached hydrogen (secondary N) is 1. The third-order valence-corrected chi connectivity index (χ3v) is 11.9. The van der Waals surface area contributed by atoms with Gasteiger partial charge in [-0.15, -0.1) is 11.8 Å². The minimum absolute atomic E-state index is 0.00265. The summed E-state index contributed by atoms with van der Waals surface area (Å²) in [6.45, 7) is 6.99. The van der Waals surface area contributed by atoms with Crippen molar-refractivity contribution < 1.29 is 33.8 Å². The number of esters is 1. The Morgan fingerprint density at radius 1 is 0.724 bits per heavy atom. The van der Waals surface area contributed by atoms with Gasteiger partial charge in [-0.2, -0.15) is 0 Å². The zero-order valence-corrected chi connectivity index (χ0v) is 34.1. The molecule has 2 amide bonds. The van der Waals surface area contributed by atoms with Crippen LogP contribution in [0.4, 0.5) is 4.79 Å². The fraction of sp³-hybridized carbons (Fsp3) is 0.292. The number of aliphatic carboxylic acids is 1. The number of fused-ring (bicyclic) bond motifs is 3. The van der Waals surface area contributed by atoms with E-state index >= 15 is 0 Å². The summed E-state index contributed by atoms with van der Waals surface area (Å²) < 4.78 is 10.5. The number of likely N-dealkylation sites (N-methyl/N-ethyl adjacent to an activating group) is 1. The highest BCUT2D eigenvalue weighted by atomic mass is 32.2. The molecule has 10 heteroatoms. The summed E-state index contributed by atoms with van der Waals surface area (Å²) in [5.74, 6) is -2.60. The molecule has 6 rings (SSSR count). The number of carboxylic acid groups (broad SMARTS) is 1. The summed E-state index contributed by atoms with van der Waals surface area (Å²) in [5, 5.41) is 13.5. The number of ether oxygens (including phenoxy) is 2. The lowest BCUT2D eigenvalue weighted by Crippen LogP contribution is -2.55. The van der Waals surface area contributed by atoms with Crippen molar-refractivity contribution in [2.75, 3.05) is 18.9 Å². The zero-order chi connectivity index (χ0) is 41.3. The Morgan fingerprint density at radius 2 is 1.19 bits per heavy atom. The van der Waals surface area contributed by atoms with Gasteiger partial charge in [0.1, 0.15) is 24.3 Å². The van der Waals surface area contributed by atoms with Crippen molar-refractivity contribution >= 4 is 35.7 Å². The Hall–Kier alpha value is -5.87. The van der Waals surface area contributed by atoms with Gasteiger partial charge in [-0.25, -0.2) is 9.59 Å². The lowest BCUT2D eigenvalue weighted by atomic mass is 9.84. The van der Waals surface area contributed by atoms with Crippen LogP contribution in [0.2, 0.25) is 0 Å². The smallest absolute Gasteiger partial charge is 0.407 e. The van der Waals surface area contributed by atoms with Crippen LogP contribution in [-0.2, 0) is 28.6 Å². The second kappa shape index (κ2) is 18.6. The topological polar surface area (TPSA) is 122 Å². The maximum atomic E-state index is 14.6. The van der Waals surface area contributed by atoms with E-state index in [1.165, 1.54) is 16.7 Å². The molecule has 5 aromatic rings. The number of thioether (sulfide) groups is 1. The third-order valence-electron chi connectivity index (χ3n) is 10.3. The normalized spacial score (nSPS) is 13.4. The van der Waals surface area contributed by atoms with E-state index in [1.807, 2.05) is 140 Å². The molecule has 300 valence electrons. The number of carboxylic acids is 1. The van der Waals surface area contributed by atoms with Gasteiger partial charge in [-0.05, 0) is 73.1 Å². The molecule has 9 nitrogen and oxygen atoms in total. The molecule has 2 atom stereocenters. The third kappa shape index (κ3) is 9.45. The average molecular weight is 799 g/mol. The molecular formula is C48H50N2O7S. The molecule has 0 aliphatic heterocycles. The number of rotatable bonds is 16. The van der Waals surface area contributed by atoms with Gasteiger partial charge in [0.25, 0.3) is 0 Å². The highest BCUT2D eigenvalue weighted by molar-refractivity contribution is 8.00. The van der Waals surface area contributed by atoms with Crippen LogP contribution in [0.1, 0.15) is 74.3 Å². The lowest BCUT2D eigenvalue weighted by Gasteiger charge is -2.38. The molecule has 0 aromatic heterocycles. The molecule has 2 N–H and O–H groups in total. The zero-order valence-electron chi connectivity index (χ0n) is 33.3. The molecule has 0 unspecified atom stereocenters. The standard InChI is InChI=1S/C48H50N2O7S/c1-5-50(42(45(53)54)32-58-48(33-19-9-6-10-20-33,34-21-11-7-12-22-34)35-23-13-8-14-24-35)44(52)41(29-30-43(51)57-47(2,3)4)49-46(55)56-31-40-38-27-17-15-25-36(38)37-26-16-18-28-39(37)40/h6-28,40-42H,5,29-32H2,1-4H3,(H,49,55)(H,53,54)/t41-,42-/m0/s1. The van der Waals surface area contributed by atoms with E-state index in [2.05, 4.69) is 5.32 Å². The van der Waals surface area contributed by atoms with Crippen LogP contribution in [0, 0.1) is 0 Å². The lowest BCUT2D eigenvalue weighted by molar-refractivity contribution is -0.155. The second-order valence-electron chi connectivity index (χ2n) is 15.2. The molecule has 1 aliphatic rings. The van der Waals surface area contributed by atoms with Gasteiger partial charge < -0.3 is 24.8 Å². The number of alkyl carbamates (subject to hydrolysis) is 1. The van der Waals surface area contributed by atoms with Crippen LogP contribution in [-0.4, -0.2) is 70.5 Å². The summed E-state index contributed by atoms with van der Waals surface area (Å²) >= 11 is 1.43. The Balaban J connectivity index is 1.27. The Bertz CT molecular complexity index is 2050. The van der Waals surface area contributed by atoms with Gasteiger partial charge >= 0.3 is 18.0 Å². The first-order valence-electron chi connectivity index (χ1n) is 19.6. The van der Waals surface area contributed by atoms with Gasteiger partial charge in [-0.1, -0.05) is 140 Å². The SMILES string of the molecule is CCN(C(=O)[C@H](CCC(=O)OC(C)(C)C)NC(=O)OCC1c2ccccc2-c2ccccc21)[C@@H](CSC(c1ccccc1)(c1ccccc1)c1ccccc1)C(=O)O. The van der Waals surface area contributed by atoms with Crippen molar-refractivity contribution in [3.63, 3.8) is 0 Å². The molecule has 0 saturated carbocycles. The minimum atomic E-state index is -1.30. The van der Waals surface area contributed by atoms with Crippen LogP contribution in [0.25, 0.3) is 11.1 Å². The van der Waals surface area contributed by atoms with Crippen molar-refractivity contribution in [1.29, 1.82) is 0 Å². The number of amides is 2. The maximum absolute atomic E-state index is 14.6. The van der Waals surface area contributed by atoms with E-state index < -0.39 is 46.4 Å². The molecule has 1 aliphatic carbocycles. The summed E-state index contributed by atoms with van der Waals surface area (Å²) in [6.07, 6.45) is -1.17. The van der Waals surface area contributed by atoms with Crippen molar-refractivity contribution in [2.45, 2.75) is 68.9 Å². The molecule has 58 heavy (non-hydrogen) atoms. The van der Waals surface area contributed by atoms with Gasteiger partial charge in [0, 0.05) is 24.6 Å². The monoisotopic (exact) mass is 798 g/mol. The summed E-state index contributed by atoms with van der Waals surface area (Å²) in [6, 6.07) is 43.1. The van der Waals surface area contributed by atoms with E-state index in [4.69, 9.17) is 9.47 Å². The molecule has 5 aromatic carbocycles. The van der Waals surface area contributed by atoms with Gasteiger partial charge in [0.15, 0.2) is 0 Å². The van der Waals surface area contributed by atoms with E-state index in [-0.39, 0.29) is 37.7 Å². The number of hydrogen-bond acceptors (Lipinski definition) is 7. The largest absolute Gasteiger partial charge is 0.480 e. The first kappa shape index (κ1) is 41.8. The first-order chi connectivity index (χ1) is 27.9. The average Bonchev–Trinajstić information content (AvgIpc) is 3.55. The Morgan fingerprint density at radius 3 is 1.64 bits per heavy atom. The van der Waals surface area contributed by atoms with Crippen LogP contribution < -0.4 is 5.32 Å². The van der Waals surface area contributed by atoms with Gasteiger partial charge in [0.05, 0.1) is 4.75 Å². The van der Waals surface area contributed by atoms with E-state index in [9.17, 15) is 24.3 Å².